The summed E-state index contributed by atoms with van der Waals surface area (Å²) in [6.07, 6.45) is 0.211. The molecule has 2 fully saturated rings. The van der Waals surface area contributed by atoms with Gasteiger partial charge in [0.15, 0.2) is 5.79 Å². The summed E-state index contributed by atoms with van der Waals surface area (Å²) in [6.45, 7) is 7.83. The first-order valence-corrected chi connectivity index (χ1v) is 5.31. The summed E-state index contributed by atoms with van der Waals surface area (Å²) in [6, 6.07) is 0.450. The van der Waals surface area contributed by atoms with E-state index in [2.05, 4.69) is 17.3 Å². The van der Waals surface area contributed by atoms with Crippen molar-refractivity contribution in [2.24, 2.45) is 0 Å². The van der Waals surface area contributed by atoms with E-state index in [9.17, 15) is 0 Å². The Morgan fingerprint density at radius 3 is 2.79 bits per heavy atom. The Labute approximate surface area is 85.5 Å². The lowest BCUT2D eigenvalue weighted by Crippen LogP contribution is -2.55. The maximum atomic E-state index is 5.85. The number of hydrogen-bond donors (Lipinski definition) is 1. The molecule has 0 bridgehead atoms. The van der Waals surface area contributed by atoms with Crippen molar-refractivity contribution < 1.29 is 9.47 Å². The van der Waals surface area contributed by atoms with E-state index in [-0.39, 0.29) is 6.10 Å². The molecule has 2 heterocycles. The number of likely N-dealkylation sites (N-methyl/N-ethyl adjacent to an activating group) is 1. The first-order chi connectivity index (χ1) is 6.58. The van der Waals surface area contributed by atoms with Crippen molar-refractivity contribution in [2.45, 2.75) is 31.8 Å². The second-order valence-electron chi connectivity index (χ2n) is 4.62. The topological polar surface area (TPSA) is 33.7 Å². The highest BCUT2D eigenvalue weighted by Gasteiger charge is 2.39. The largest absolute Gasteiger partial charge is 0.348 e. The van der Waals surface area contributed by atoms with Crippen LogP contribution in [0, 0.1) is 0 Å². The van der Waals surface area contributed by atoms with Crippen molar-refractivity contribution in [1.82, 2.24) is 10.2 Å². The summed E-state index contributed by atoms with van der Waals surface area (Å²) in [4.78, 5) is 2.35. The zero-order valence-corrected chi connectivity index (χ0v) is 9.25. The van der Waals surface area contributed by atoms with Gasteiger partial charge in [0.2, 0.25) is 0 Å². The van der Waals surface area contributed by atoms with Gasteiger partial charge < -0.3 is 14.8 Å². The van der Waals surface area contributed by atoms with Crippen molar-refractivity contribution in [1.29, 1.82) is 0 Å². The second-order valence-corrected chi connectivity index (χ2v) is 4.62. The van der Waals surface area contributed by atoms with Gasteiger partial charge in [-0.3, -0.25) is 4.90 Å². The molecule has 2 rings (SSSR count). The molecule has 0 radical (unpaired) electrons. The van der Waals surface area contributed by atoms with Crippen LogP contribution in [0.5, 0.6) is 0 Å². The molecule has 14 heavy (non-hydrogen) atoms. The van der Waals surface area contributed by atoms with E-state index in [1.165, 1.54) is 0 Å². The van der Waals surface area contributed by atoms with Gasteiger partial charge in [0, 0.05) is 19.6 Å². The molecule has 0 aromatic heterocycles. The van der Waals surface area contributed by atoms with Crippen LogP contribution < -0.4 is 5.32 Å². The number of nitrogens with zero attached hydrogens (tertiary/aromatic N) is 1. The minimum Gasteiger partial charge on any atom is -0.348 e. The van der Waals surface area contributed by atoms with Gasteiger partial charge in [0.1, 0.15) is 6.10 Å². The monoisotopic (exact) mass is 200 g/mol. The molecule has 2 aliphatic rings. The molecule has 4 nitrogen and oxygen atoms in total. The summed E-state index contributed by atoms with van der Waals surface area (Å²) in [7, 11) is 2.15. The van der Waals surface area contributed by atoms with Crippen LogP contribution in [0.2, 0.25) is 0 Å². The fourth-order valence-electron chi connectivity index (χ4n) is 2.15. The van der Waals surface area contributed by atoms with Gasteiger partial charge in [0.05, 0.1) is 12.6 Å². The van der Waals surface area contributed by atoms with E-state index < -0.39 is 5.79 Å². The highest BCUT2D eigenvalue weighted by molar-refractivity contribution is 4.88. The molecule has 0 aromatic rings. The fraction of sp³-hybridized carbons (Fsp3) is 1.00. The first-order valence-electron chi connectivity index (χ1n) is 5.31. The maximum Gasteiger partial charge on any atom is 0.163 e. The summed E-state index contributed by atoms with van der Waals surface area (Å²) >= 11 is 0. The van der Waals surface area contributed by atoms with Crippen molar-refractivity contribution in [3.8, 4) is 0 Å². The fourth-order valence-corrected chi connectivity index (χ4v) is 2.15. The van der Waals surface area contributed by atoms with Crippen LogP contribution in [0.1, 0.15) is 13.8 Å². The van der Waals surface area contributed by atoms with E-state index in [0.29, 0.717) is 12.6 Å². The predicted octanol–water partition coefficient (Wildman–Crippen LogP) is 0.0415. The third-order valence-electron chi connectivity index (χ3n) is 3.02. The van der Waals surface area contributed by atoms with Gasteiger partial charge in [-0.2, -0.15) is 0 Å². The summed E-state index contributed by atoms with van der Waals surface area (Å²) in [5, 5.41) is 3.39. The smallest absolute Gasteiger partial charge is 0.163 e. The van der Waals surface area contributed by atoms with E-state index in [0.717, 1.165) is 19.6 Å². The lowest BCUT2D eigenvalue weighted by atomic mass is 10.1. The van der Waals surface area contributed by atoms with Crippen molar-refractivity contribution in [3.63, 3.8) is 0 Å². The van der Waals surface area contributed by atoms with Crippen LogP contribution in [0.4, 0.5) is 0 Å². The van der Waals surface area contributed by atoms with Crippen LogP contribution in [0.25, 0.3) is 0 Å². The molecule has 4 heteroatoms. The summed E-state index contributed by atoms with van der Waals surface area (Å²) < 4.78 is 11.4. The van der Waals surface area contributed by atoms with E-state index in [1.807, 2.05) is 13.8 Å². The van der Waals surface area contributed by atoms with Crippen LogP contribution in [0.3, 0.4) is 0 Å². The van der Waals surface area contributed by atoms with Crippen LogP contribution in [-0.4, -0.2) is 56.1 Å². The molecule has 2 unspecified atom stereocenters. The number of piperazine rings is 1. The van der Waals surface area contributed by atoms with Gasteiger partial charge in [-0.15, -0.1) is 0 Å². The Morgan fingerprint density at radius 1 is 1.43 bits per heavy atom. The van der Waals surface area contributed by atoms with E-state index in [1.54, 1.807) is 0 Å². The van der Waals surface area contributed by atoms with Crippen molar-refractivity contribution in [2.75, 3.05) is 33.3 Å². The quantitative estimate of drug-likeness (QED) is 0.648. The molecule has 1 N–H and O–H groups in total. The minimum atomic E-state index is -0.400. The van der Waals surface area contributed by atoms with Crippen molar-refractivity contribution >= 4 is 0 Å². The molecular weight excluding hydrogens is 180 g/mol. The molecule has 0 aliphatic carbocycles. The lowest BCUT2D eigenvalue weighted by molar-refractivity contribution is -0.146. The second kappa shape index (κ2) is 3.77. The SMILES string of the molecule is CN1CCNCC1C1COC(C)(C)O1. The lowest BCUT2D eigenvalue weighted by Gasteiger charge is -2.36. The zero-order chi connectivity index (χ0) is 10.2. The molecule has 0 spiro atoms. The van der Waals surface area contributed by atoms with Crippen LogP contribution in [-0.2, 0) is 9.47 Å². The number of hydrogen-bond acceptors (Lipinski definition) is 4. The van der Waals surface area contributed by atoms with Gasteiger partial charge in [-0.25, -0.2) is 0 Å². The Balaban J connectivity index is 1.95. The van der Waals surface area contributed by atoms with Crippen LogP contribution >= 0.6 is 0 Å². The summed E-state index contributed by atoms with van der Waals surface area (Å²) in [5.41, 5.74) is 0. The Morgan fingerprint density at radius 2 is 2.21 bits per heavy atom. The highest BCUT2D eigenvalue weighted by Crippen LogP contribution is 2.26. The average molecular weight is 200 g/mol. The molecule has 2 atom stereocenters. The molecule has 0 saturated carbocycles. The third kappa shape index (κ3) is 2.08. The average Bonchev–Trinajstić information content (AvgIpc) is 2.47. The van der Waals surface area contributed by atoms with Crippen molar-refractivity contribution in [3.05, 3.63) is 0 Å². The Kier molecular flexibility index (Phi) is 2.79. The van der Waals surface area contributed by atoms with Gasteiger partial charge in [-0.05, 0) is 20.9 Å². The third-order valence-corrected chi connectivity index (χ3v) is 3.02. The number of nitrogens with one attached hydrogen (secondary N) is 1. The Hall–Kier alpha value is -0.160. The molecule has 2 saturated heterocycles. The predicted molar refractivity (Wildman–Crippen MR) is 54.2 cm³/mol. The zero-order valence-electron chi connectivity index (χ0n) is 9.25. The number of rotatable bonds is 1. The minimum absolute atomic E-state index is 0.211. The molecule has 2 aliphatic heterocycles. The number of ether oxygens (including phenoxy) is 2. The first kappa shape index (κ1) is 10.4. The van der Waals surface area contributed by atoms with Crippen LogP contribution in [0.15, 0.2) is 0 Å². The van der Waals surface area contributed by atoms with Gasteiger partial charge in [-0.1, -0.05) is 0 Å². The maximum absolute atomic E-state index is 5.85. The van der Waals surface area contributed by atoms with E-state index in [4.69, 9.17) is 9.47 Å². The van der Waals surface area contributed by atoms with E-state index >= 15 is 0 Å². The molecule has 0 aromatic carbocycles. The highest BCUT2D eigenvalue weighted by atomic mass is 16.7. The van der Waals surface area contributed by atoms with Gasteiger partial charge in [0.25, 0.3) is 0 Å². The molecule has 0 amide bonds. The Bertz CT molecular complexity index is 208. The standard InChI is InChI=1S/C10H20N2O2/c1-10(2)13-7-9(14-10)8-6-11-4-5-12(8)3/h8-9,11H,4-7H2,1-3H3. The summed E-state index contributed by atoms with van der Waals surface area (Å²) in [5.74, 6) is -0.400. The molecule has 82 valence electrons. The van der Waals surface area contributed by atoms with Gasteiger partial charge >= 0.3 is 0 Å². The molecular formula is C10H20N2O2. The normalized spacial score (nSPS) is 38.8.